The van der Waals surface area contributed by atoms with Gasteiger partial charge in [0.25, 0.3) is 11.8 Å². The van der Waals surface area contributed by atoms with Crippen LogP contribution < -0.4 is 19.7 Å². The molecule has 1 fully saturated rings. The quantitative estimate of drug-likeness (QED) is 0.309. The number of terminal acetylenes is 1. The number of nitrogens with zero attached hydrogens (tertiary/aromatic N) is 1. The molecule has 9 heteroatoms. The molecule has 31 heavy (non-hydrogen) atoms. The lowest BCUT2D eigenvalue weighted by Gasteiger charge is -2.29. The Hall–Kier alpha value is -3.41. The number of rotatable bonds is 6. The lowest BCUT2D eigenvalue weighted by molar-refractivity contribution is -0.122. The van der Waals surface area contributed by atoms with Gasteiger partial charge in [-0.3, -0.25) is 14.9 Å². The van der Waals surface area contributed by atoms with Crippen LogP contribution in [0.2, 0.25) is 5.02 Å². The number of hydrogen-bond acceptors (Lipinski definition) is 5. The maximum absolute atomic E-state index is 14.3. The van der Waals surface area contributed by atoms with Crippen LogP contribution >= 0.6 is 23.8 Å². The second-order valence-electron chi connectivity index (χ2n) is 6.17. The Labute approximate surface area is 188 Å². The van der Waals surface area contributed by atoms with Crippen molar-refractivity contribution in [1.82, 2.24) is 5.32 Å². The Bertz CT molecular complexity index is 1140. The molecule has 2 aromatic rings. The third kappa shape index (κ3) is 4.68. The van der Waals surface area contributed by atoms with Gasteiger partial charge in [0.15, 0.2) is 16.6 Å². The molecule has 158 valence electrons. The van der Waals surface area contributed by atoms with E-state index in [1.54, 1.807) is 19.1 Å². The monoisotopic (exact) mass is 458 g/mol. The molecule has 2 amide bonds. The van der Waals surface area contributed by atoms with E-state index in [-0.39, 0.29) is 33.8 Å². The van der Waals surface area contributed by atoms with Gasteiger partial charge in [0.1, 0.15) is 18.0 Å². The predicted octanol–water partition coefficient (Wildman–Crippen LogP) is 3.72. The number of carbonyl (C=O) groups excluding carboxylic acids is 2. The molecule has 1 saturated heterocycles. The highest BCUT2D eigenvalue weighted by Gasteiger charge is 2.35. The second-order valence-corrected chi connectivity index (χ2v) is 6.96. The lowest BCUT2D eigenvalue weighted by Crippen LogP contribution is -2.54. The van der Waals surface area contributed by atoms with Gasteiger partial charge in [0, 0.05) is 0 Å². The Balaban J connectivity index is 2.04. The average molecular weight is 459 g/mol. The zero-order chi connectivity index (χ0) is 22.5. The molecule has 3 rings (SSSR count). The first-order chi connectivity index (χ1) is 14.9. The third-order valence-electron chi connectivity index (χ3n) is 4.14. The van der Waals surface area contributed by atoms with Crippen LogP contribution in [0.3, 0.4) is 0 Å². The predicted molar refractivity (Wildman–Crippen MR) is 120 cm³/mol. The van der Waals surface area contributed by atoms with E-state index in [2.05, 4.69) is 11.2 Å². The highest BCUT2D eigenvalue weighted by Crippen LogP contribution is 2.37. The molecule has 0 aromatic heterocycles. The number of anilines is 1. The van der Waals surface area contributed by atoms with Gasteiger partial charge >= 0.3 is 0 Å². The van der Waals surface area contributed by atoms with E-state index < -0.39 is 17.6 Å². The summed E-state index contributed by atoms with van der Waals surface area (Å²) in [5, 5.41) is 2.36. The van der Waals surface area contributed by atoms with Crippen LogP contribution in [0.5, 0.6) is 11.5 Å². The van der Waals surface area contributed by atoms with Gasteiger partial charge in [-0.25, -0.2) is 9.29 Å². The molecule has 1 aliphatic heterocycles. The van der Waals surface area contributed by atoms with Crippen molar-refractivity contribution >= 4 is 52.5 Å². The molecular weight excluding hydrogens is 443 g/mol. The number of benzene rings is 2. The van der Waals surface area contributed by atoms with E-state index in [1.165, 1.54) is 30.3 Å². The molecule has 1 heterocycles. The van der Waals surface area contributed by atoms with E-state index in [1.807, 2.05) is 0 Å². The van der Waals surface area contributed by atoms with Crippen LogP contribution in [-0.4, -0.2) is 30.1 Å². The van der Waals surface area contributed by atoms with Crippen LogP contribution in [0.25, 0.3) is 6.08 Å². The number of carbonyl (C=O) groups is 2. The molecule has 1 aliphatic rings. The minimum Gasteiger partial charge on any atom is -0.490 e. The Morgan fingerprint density at radius 2 is 2.03 bits per heavy atom. The van der Waals surface area contributed by atoms with Gasteiger partial charge in [-0.2, -0.15) is 0 Å². The van der Waals surface area contributed by atoms with Crippen LogP contribution in [0.1, 0.15) is 12.5 Å². The smallest absolute Gasteiger partial charge is 0.270 e. The van der Waals surface area contributed by atoms with Crippen LogP contribution in [-0.2, 0) is 9.59 Å². The van der Waals surface area contributed by atoms with Gasteiger partial charge in [0.2, 0.25) is 0 Å². The number of ether oxygens (including phenoxy) is 2. The maximum atomic E-state index is 14.3. The molecule has 1 N–H and O–H groups in total. The molecule has 0 radical (unpaired) electrons. The highest BCUT2D eigenvalue weighted by atomic mass is 35.5. The van der Waals surface area contributed by atoms with Crippen molar-refractivity contribution in [3.05, 3.63) is 58.4 Å². The summed E-state index contributed by atoms with van der Waals surface area (Å²) < 4.78 is 25.2. The fourth-order valence-electron chi connectivity index (χ4n) is 2.86. The summed E-state index contributed by atoms with van der Waals surface area (Å²) >= 11 is 11.4. The minimum atomic E-state index is -0.777. The van der Waals surface area contributed by atoms with Crippen molar-refractivity contribution in [3.8, 4) is 23.8 Å². The van der Waals surface area contributed by atoms with Crippen molar-refractivity contribution in [2.24, 2.45) is 0 Å². The highest BCUT2D eigenvalue weighted by molar-refractivity contribution is 7.80. The number of amides is 2. The van der Waals surface area contributed by atoms with E-state index >= 15 is 0 Å². The second kappa shape index (κ2) is 9.60. The third-order valence-corrected chi connectivity index (χ3v) is 4.70. The molecule has 0 unspecified atom stereocenters. The largest absolute Gasteiger partial charge is 0.490 e. The zero-order valence-electron chi connectivity index (χ0n) is 16.3. The summed E-state index contributed by atoms with van der Waals surface area (Å²) in [6.45, 7) is 2.07. The van der Waals surface area contributed by atoms with Gasteiger partial charge < -0.3 is 9.47 Å². The molecule has 6 nitrogen and oxygen atoms in total. The number of hydrogen-bond donors (Lipinski definition) is 1. The van der Waals surface area contributed by atoms with E-state index in [4.69, 9.17) is 39.7 Å². The van der Waals surface area contributed by atoms with Gasteiger partial charge in [-0.05, 0) is 55.0 Å². The van der Waals surface area contributed by atoms with Crippen molar-refractivity contribution in [2.75, 3.05) is 18.1 Å². The summed E-state index contributed by atoms with van der Waals surface area (Å²) in [7, 11) is 0. The van der Waals surface area contributed by atoms with Crippen molar-refractivity contribution in [1.29, 1.82) is 0 Å². The topological polar surface area (TPSA) is 67.9 Å². The first kappa shape index (κ1) is 22.3. The maximum Gasteiger partial charge on any atom is 0.270 e. The number of thiocarbonyl (C=S) groups is 1. The fraction of sp³-hybridized carbons (Fsp3) is 0.136. The first-order valence-electron chi connectivity index (χ1n) is 9.06. The number of para-hydroxylation sites is 1. The fourth-order valence-corrected chi connectivity index (χ4v) is 3.41. The molecule has 0 bridgehead atoms. The summed E-state index contributed by atoms with van der Waals surface area (Å²) in [6, 6.07) is 8.65. The SMILES string of the molecule is C#CCOc1c(Cl)cc(/C=C2\C(=O)NC(=S)N(c3ccccc3F)C2=O)cc1OCC. The van der Waals surface area contributed by atoms with Crippen LogP contribution in [0.15, 0.2) is 42.0 Å². The van der Waals surface area contributed by atoms with E-state index in [0.29, 0.717) is 17.9 Å². The number of nitrogens with one attached hydrogen (secondary N) is 1. The van der Waals surface area contributed by atoms with Crippen LogP contribution in [0.4, 0.5) is 10.1 Å². The summed E-state index contributed by atoms with van der Waals surface area (Å²) in [4.78, 5) is 26.4. The van der Waals surface area contributed by atoms with Gasteiger partial charge in [-0.1, -0.05) is 29.7 Å². The molecule has 0 spiro atoms. The first-order valence-corrected chi connectivity index (χ1v) is 9.84. The molecule has 0 atom stereocenters. The lowest BCUT2D eigenvalue weighted by atomic mass is 10.1. The molecular formula is C22H16ClFN2O4S. The Morgan fingerprint density at radius 1 is 1.29 bits per heavy atom. The van der Waals surface area contributed by atoms with Gasteiger partial charge in [0.05, 0.1) is 17.3 Å². The van der Waals surface area contributed by atoms with Gasteiger partial charge in [-0.15, -0.1) is 6.42 Å². The van der Waals surface area contributed by atoms with Crippen LogP contribution in [0, 0.1) is 18.2 Å². The standard InChI is InChI=1S/C22H16ClFN2O4S/c1-3-9-30-19-15(23)11-13(12-18(19)29-4-2)10-14-20(27)25-22(31)26(21(14)28)17-8-6-5-7-16(17)24/h1,5-8,10-12H,4,9H2,2H3,(H,25,27,31)/b14-10+. The molecule has 0 saturated carbocycles. The molecule has 2 aromatic carbocycles. The average Bonchev–Trinajstić information content (AvgIpc) is 2.72. The van der Waals surface area contributed by atoms with Crippen molar-refractivity contribution < 1.29 is 23.5 Å². The zero-order valence-corrected chi connectivity index (χ0v) is 17.8. The molecule has 0 aliphatic carbocycles. The minimum absolute atomic E-state index is 0.0177. The Kier molecular flexibility index (Phi) is 6.90. The normalized spacial score (nSPS) is 15.0. The summed E-state index contributed by atoms with van der Waals surface area (Å²) in [5.74, 6) is 0.723. The van der Waals surface area contributed by atoms with E-state index in [0.717, 1.165) is 4.90 Å². The summed E-state index contributed by atoms with van der Waals surface area (Å²) in [6.07, 6.45) is 6.54. The summed E-state index contributed by atoms with van der Waals surface area (Å²) in [5.41, 5.74) is 0.0587. The Morgan fingerprint density at radius 3 is 2.71 bits per heavy atom. The van der Waals surface area contributed by atoms with Crippen molar-refractivity contribution in [2.45, 2.75) is 6.92 Å². The number of halogens is 2. The van der Waals surface area contributed by atoms with E-state index in [9.17, 15) is 14.0 Å². The van der Waals surface area contributed by atoms with Crippen molar-refractivity contribution in [3.63, 3.8) is 0 Å².